The molecule has 180 valence electrons. The molecule has 0 radical (unpaired) electrons. The lowest BCUT2D eigenvalue weighted by Crippen LogP contribution is -2.49. The summed E-state index contributed by atoms with van der Waals surface area (Å²) in [4.78, 5) is 50.3. The molecule has 8 heteroatoms. The Morgan fingerprint density at radius 2 is 1.38 bits per heavy atom. The van der Waals surface area contributed by atoms with Crippen molar-refractivity contribution >= 4 is 29.9 Å². The fourth-order valence-electron chi connectivity index (χ4n) is 3.10. The smallest absolute Gasteiger partial charge is 0.407 e. The van der Waals surface area contributed by atoms with Gasteiger partial charge in [0.15, 0.2) is 11.7 Å². The Bertz CT molecular complexity index is 955. The molecule has 0 fully saturated rings. The van der Waals surface area contributed by atoms with Crippen molar-refractivity contribution in [3.8, 4) is 0 Å². The van der Waals surface area contributed by atoms with Crippen molar-refractivity contribution in [1.82, 2.24) is 5.32 Å². The van der Waals surface area contributed by atoms with Crippen LogP contribution >= 0.6 is 0 Å². The van der Waals surface area contributed by atoms with Gasteiger partial charge in [0.2, 0.25) is 0 Å². The minimum Gasteiger partial charge on any atom is -0.465 e. The summed E-state index contributed by atoms with van der Waals surface area (Å²) in [5, 5.41) is 2.48. The molecule has 2 aromatic rings. The van der Waals surface area contributed by atoms with E-state index in [1.165, 1.54) is 6.08 Å². The zero-order valence-electron chi connectivity index (χ0n) is 19.3. The van der Waals surface area contributed by atoms with Crippen molar-refractivity contribution in [2.24, 2.45) is 5.92 Å². The van der Waals surface area contributed by atoms with E-state index < -0.39 is 35.8 Å². The third kappa shape index (κ3) is 8.90. The van der Waals surface area contributed by atoms with E-state index in [1.54, 1.807) is 44.2 Å². The van der Waals surface area contributed by atoms with Crippen molar-refractivity contribution in [1.29, 1.82) is 0 Å². The maximum absolute atomic E-state index is 12.7. The molecular formula is C26H29NO7. The van der Waals surface area contributed by atoms with Crippen molar-refractivity contribution in [3.63, 3.8) is 0 Å². The Balaban J connectivity index is 2.19. The summed E-state index contributed by atoms with van der Waals surface area (Å²) in [6.07, 6.45) is 1.71. The third-order valence-electron chi connectivity index (χ3n) is 4.68. The Kier molecular flexibility index (Phi) is 11.0. The number of nitrogens with one attached hydrogen (secondary N) is 1. The standard InChI is InChI=1S/C26H29NO7/c1-3-32-24(29)23(25(30)33-4-2)22(17-21(28)16-15-19-11-7-5-8-12-19)27-26(31)34-18-20-13-9-6-10-14-20/h5-16,22-23H,3-4,17-18H2,1-2H3,(H,27,31)/b16-15+. The summed E-state index contributed by atoms with van der Waals surface area (Å²) in [6.45, 7) is 3.18. The van der Waals surface area contributed by atoms with Gasteiger partial charge < -0.3 is 19.5 Å². The number of esters is 2. The SMILES string of the molecule is CCOC(=O)C(C(=O)OCC)C(CC(=O)/C=C/c1ccccc1)NC(=O)OCc1ccccc1. The number of hydrogen-bond donors (Lipinski definition) is 1. The van der Waals surface area contributed by atoms with Gasteiger partial charge in [-0.1, -0.05) is 66.7 Å². The molecule has 1 unspecified atom stereocenters. The van der Waals surface area contributed by atoms with Crippen LogP contribution in [0.2, 0.25) is 0 Å². The molecule has 0 aliphatic carbocycles. The van der Waals surface area contributed by atoms with Crippen LogP contribution in [0.4, 0.5) is 4.79 Å². The van der Waals surface area contributed by atoms with Crippen LogP contribution in [0.1, 0.15) is 31.4 Å². The van der Waals surface area contributed by atoms with Crippen LogP contribution in [0.15, 0.2) is 66.7 Å². The first kappa shape index (κ1) is 26.3. The number of benzene rings is 2. The lowest BCUT2D eigenvalue weighted by Gasteiger charge is -2.24. The Hall–Kier alpha value is -3.94. The highest BCUT2D eigenvalue weighted by Gasteiger charge is 2.39. The summed E-state index contributed by atoms with van der Waals surface area (Å²) in [5.41, 5.74) is 1.55. The van der Waals surface area contributed by atoms with Gasteiger partial charge in [-0.15, -0.1) is 0 Å². The van der Waals surface area contributed by atoms with Crippen molar-refractivity contribution in [2.75, 3.05) is 13.2 Å². The molecule has 0 spiro atoms. The molecule has 0 aliphatic rings. The number of carbonyl (C=O) groups excluding carboxylic acids is 4. The van der Waals surface area contributed by atoms with Gasteiger partial charge in [-0.05, 0) is 31.1 Å². The second kappa shape index (κ2) is 14.3. The van der Waals surface area contributed by atoms with Gasteiger partial charge in [0.1, 0.15) is 6.61 Å². The van der Waals surface area contributed by atoms with Crippen LogP contribution in [0.3, 0.4) is 0 Å². The van der Waals surface area contributed by atoms with E-state index in [-0.39, 0.29) is 26.2 Å². The number of alkyl carbamates (subject to hydrolysis) is 1. The van der Waals surface area contributed by atoms with Crippen LogP contribution in [0.25, 0.3) is 6.08 Å². The van der Waals surface area contributed by atoms with E-state index in [0.29, 0.717) is 0 Å². The largest absolute Gasteiger partial charge is 0.465 e. The molecule has 2 aromatic carbocycles. The van der Waals surface area contributed by atoms with Gasteiger partial charge in [-0.25, -0.2) is 4.79 Å². The fourth-order valence-corrected chi connectivity index (χ4v) is 3.10. The van der Waals surface area contributed by atoms with Crippen LogP contribution in [-0.4, -0.2) is 43.1 Å². The van der Waals surface area contributed by atoms with Crippen LogP contribution in [-0.2, 0) is 35.2 Å². The van der Waals surface area contributed by atoms with Crippen LogP contribution in [0, 0.1) is 5.92 Å². The molecule has 0 heterocycles. The average molecular weight is 468 g/mol. The van der Waals surface area contributed by atoms with Gasteiger partial charge in [0.05, 0.1) is 19.3 Å². The number of carbonyl (C=O) groups is 4. The summed E-state index contributed by atoms with van der Waals surface area (Å²) in [5.74, 6) is -3.72. The Labute approximate surface area is 198 Å². The Morgan fingerprint density at radius 1 is 0.824 bits per heavy atom. The predicted octanol–water partition coefficient (Wildman–Crippen LogP) is 3.70. The second-order valence-electron chi connectivity index (χ2n) is 7.21. The number of allylic oxidation sites excluding steroid dienone is 1. The minimum absolute atomic E-state index is 0.0156. The quantitative estimate of drug-likeness (QED) is 0.219. The number of rotatable bonds is 12. The van der Waals surface area contributed by atoms with Gasteiger partial charge in [0.25, 0.3) is 0 Å². The minimum atomic E-state index is -1.53. The summed E-state index contributed by atoms with van der Waals surface area (Å²) >= 11 is 0. The molecule has 34 heavy (non-hydrogen) atoms. The third-order valence-corrected chi connectivity index (χ3v) is 4.68. The molecule has 0 saturated carbocycles. The zero-order valence-corrected chi connectivity index (χ0v) is 19.3. The molecule has 2 rings (SSSR count). The molecular weight excluding hydrogens is 438 g/mol. The summed E-state index contributed by atoms with van der Waals surface area (Å²) in [6, 6.07) is 16.9. The molecule has 1 atom stereocenters. The fraction of sp³-hybridized carbons (Fsp3) is 0.308. The number of hydrogen-bond acceptors (Lipinski definition) is 7. The molecule has 8 nitrogen and oxygen atoms in total. The van der Waals surface area contributed by atoms with E-state index in [2.05, 4.69) is 5.32 Å². The molecule has 0 bridgehead atoms. The van der Waals surface area contributed by atoms with Gasteiger partial charge in [-0.3, -0.25) is 14.4 Å². The van der Waals surface area contributed by atoms with Gasteiger partial charge in [0, 0.05) is 6.42 Å². The molecule has 0 aromatic heterocycles. The number of amides is 1. The number of ether oxygens (including phenoxy) is 3. The van der Waals surface area contributed by atoms with Crippen molar-refractivity contribution in [3.05, 3.63) is 77.9 Å². The first-order chi connectivity index (χ1) is 16.4. The summed E-state index contributed by atoms with van der Waals surface area (Å²) in [7, 11) is 0. The molecule has 1 N–H and O–H groups in total. The van der Waals surface area contributed by atoms with E-state index in [9.17, 15) is 19.2 Å². The van der Waals surface area contributed by atoms with E-state index >= 15 is 0 Å². The second-order valence-corrected chi connectivity index (χ2v) is 7.21. The lowest BCUT2D eigenvalue weighted by molar-refractivity contribution is -0.163. The monoisotopic (exact) mass is 467 g/mol. The van der Waals surface area contributed by atoms with E-state index in [1.807, 2.05) is 36.4 Å². The van der Waals surface area contributed by atoms with Gasteiger partial charge >= 0.3 is 18.0 Å². The average Bonchev–Trinajstić information content (AvgIpc) is 2.83. The molecule has 1 amide bonds. The lowest BCUT2D eigenvalue weighted by atomic mass is 9.94. The molecule has 0 aliphatic heterocycles. The van der Waals surface area contributed by atoms with Crippen LogP contribution < -0.4 is 5.32 Å². The highest BCUT2D eigenvalue weighted by atomic mass is 16.6. The predicted molar refractivity (Wildman–Crippen MR) is 125 cm³/mol. The first-order valence-electron chi connectivity index (χ1n) is 11.0. The normalized spacial score (nSPS) is 11.6. The zero-order chi connectivity index (χ0) is 24.8. The Morgan fingerprint density at radius 3 is 1.94 bits per heavy atom. The molecule has 0 saturated heterocycles. The van der Waals surface area contributed by atoms with Gasteiger partial charge in [-0.2, -0.15) is 0 Å². The van der Waals surface area contributed by atoms with Crippen molar-refractivity contribution in [2.45, 2.75) is 32.9 Å². The van der Waals surface area contributed by atoms with E-state index in [4.69, 9.17) is 14.2 Å². The maximum atomic E-state index is 12.7. The maximum Gasteiger partial charge on any atom is 0.407 e. The number of ketones is 1. The topological polar surface area (TPSA) is 108 Å². The van der Waals surface area contributed by atoms with Crippen LogP contribution in [0.5, 0.6) is 0 Å². The highest BCUT2D eigenvalue weighted by Crippen LogP contribution is 2.16. The van der Waals surface area contributed by atoms with Crippen molar-refractivity contribution < 1.29 is 33.4 Å². The van der Waals surface area contributed by atoms with E-state index in [0.717, 1.165) is 11.1 Å². The first-order valence-corrected chi connectivity index (χ1v) is 11.0. The highest BCUT2D eigenvalue weighted by molar-refractivity contribution is 5.99. The summed E-state index contributed by atoms with van der Waals surface area (Å²) < 4.78 is 15.2.